The number of likely N-dealkylation sites (tertiary alicyclic amines) is 1. The molecule has 4 fully saturated rings. The van der Waals surface area contributed by atoms with Gasteiger partial charge in [0.2, 0.25) is 23.5 Å². The lowest BCUT2D eigenvalue weighted by molar-refractivity contribution is -0.145. The van der Waals surface area contributed by atoms with Gasteiger partial charge in [0.1, 0.15) is 12.1 Å². The Hall–Kier alpha value is -3.10. The predicted octanol–water partition coefficient (Wildman–Crippen LogP) is 4.43. The first-order valence-corrected chi connectivity index (χ1v) is 21.0. The molecular weight excluding hydrogens is 709 g/mol. The minimum absolute atomic E-state index is 0.0380. The largest absolute Gasteiger partial charge is 0.346 e. The number of nitrogens with one attached hydrogen (secondary N) is 4. The number of piperidine rings is 1. The van der Waals surface area contributed by atoms with Gasteiger partial charge in [0.25, 0.3) is 5.91 Å². The van der Waals surface area contributed by atoms with Gasteiger partial charge in [-0.05, 0) is 76.0 Å². The number of alkyl halides is 2. The topological polar surface area (TPSA) is 171 Å². The summed E-state index contributed by atoms with van der Waals surface area (Å²) < 4.78 is 54.4. The van der Waals surface area contributed by atoms with Crippen molar-refractivity contribution in [2.45, 2.75) is 153 Å². The third kappa shape index (κ3) is 9.77. The second-order valence-electron chi connectivity index (χ2n) is 17.4. The van der Waals surface area contributed by atoms with Crippen molar-refractivity contribution < 1.29 is 41.2 Å². The second-order valence-corrected chi connectivity index (χ2v) is 20.2. The summed E-state index contributed by atoms with van der Waals surface area (Å²) in [6, 6.07) is -4.16. The third-order valence-corrected chi connectivity index (χ3v) is 15.0. The van der Waals surface area contributed by atoms with Crippen molar-refractivity contribution in [1.29, 1.82) is 0 Å². The summed E-state index contributed by atoms with van der Waals surface area (Å²) in [5, 5.41) is 11.0. The number of hydrogen-bond acceptors (Lipinski definition) is 7. The number of carbonyl (C=O) groups is 5. The molecule has 0 bridgehead atoms. The first-order valence-electron chi connectivity index (χ1n) is 19.3. The van der Waals surface area contributed by atoms with Crippen molar-refractivity contribution in [2.24, 2.45) is 23.2 Å². The highest BCUT2D eigenvalue weighted by molar-refractivity contribution is 7.92. The van der Waals surface area contributed by atoms with E-state index in [1.165, 1.54) is 11.0 Å². The van der Waals surface area contributed by atoms with Crippen molar-refractivity contribution in [2.75, 3.05) is 18.8 Å². The fraction of sp³-hybridized carbons (Fsp3) is 0.816. The number of urea groups is 1. The monoisotopic (exact) mass is 769 g/mol. The molecule has 3 saturated carbocycles. The number of rotatable bonds is 15. The highest BCUT2D eigenvalue weighted by Gasteiger charge is 2.70. The van der Waals surface area contributed by atoms with Gasteiger partial charge < -0.3 is 26.2 Å². The first kappa shape index (κ1) is 42.6. The maximum absolute atomic E-state index is 14.7. The van der Waals surface area contributed by atoms with Crippen LogP contribution in [0.15, 0.2) is 12.7 Å². The summed E-state index contributed by atoms with van der Waals surface area (Å²) in [4.78, 5) is 69.9. The van der Waals surface area contributed by atoms with Gasteiger partial charge in [-0.15, -0.1) is 6.58 Å². The quantitative estimate of drug-likeness (QED) is 0.141. The lowest BCUT2D eigenvalue weighted by atomic mass is 9.81. The van der Waals surface area contributed by atoms with Crippen molar-refractivity contribution >= 4 is 39.4 Å². The molecule has 5 atom stereocenters. The Kier molecular flexibility index (Phi) is 13.1. The Morgan fingerprint density at radius 1 is 0.981 bits per heavy atom. The highest BCUT2D eigenvalue weighted by Crippen LogP contribution is 2.65. The molecule has 12 nitrogen and oxygen atoms in total. The summed E-state index contributed by atoms with van der Waals surface area (Å²) in [5.41, 5.74) is -1.37. The van der Waals surface area contributed by atoms with Crippen molar-refractivity contribution in [3.63, 3.8) is 0 Å². The molecule has 0 aromatic carbocycles. The number of halogens is 2. The van der Waals surface area contributed by atoms with Gasteiger partial charge in [-0.2, -0.15) is 0 Å². The molecular formula is C38H61F2N5O7S. The molecule has 0 radical (unpaired) electrons. The van der Waals surface area contributed by atoms with Gasteiger partial charge in [0.15, 0.2) is 9.84 Å². The van der Waals surface area contributed by atoms with Crippen LogP contribution >= 0.6 is 0 Å². The molecule has 1 heterocycles. The molecule has 5 amide bonds. The zero-order chi connectivity index (χ0) is 39.6. The Bertz CT molecular complexity index is 1510. The molecule has 3 aliphatic carbocycles. The van der Waals surface area contributed by atoms with Crippen LogP contribution in [0.25, 0.3) is 0 Å². The zero-order valence-electron chi connectivity index (χ0n) is 32.3. The Balaban J connectivity index is 1.61. The van der Waals surface area contributed by atoms with E-state index in [-0.39, 0.29) is 55.4 Å². The highest BCUT2D eigenvalue weighted by atomic mass is 32.2. The number of Topliss-reactive ketones (excluding diaryl/α,β-unsaturated/α-hetero) is 1. The van der Waals surface area contributed by atoms with Crippen LogP contribution in [0.3, 0.4) is 0 Å². The molecule has 1 aliphatic heterocycles. The van der Waals surface area contributed by atoms with Crippen LogP contribution in [0.2, 0.25) is 0 Å². The number of sulfone groups is 1. The second kappa shape index (κ2) is 16.3. The average Bonchev–Trinajstić information content (AvgIpc) is 3.37. The number of ketones is 1. The zero-order valence-corrected chi connectivity index (χ0v) is 33.1. The van der Waals surface area contributed by atoms with Crippen molar-refractivity contribution in [3.05, 3.63) is 12.7 Å². The van der Waals surface area contributed by atoms with Gasteiger partial charge in [0, 0.05) is 25.9 Å². The van der Waals surface area contributed by atoms with E-state index in [0.717, 1.165) is 6.42 Å². The number of unbranched alkanes of at least 4 members (excludes halogenated alkanes) is 1. The Morgan fingerprint density at radius 2 is 1.60 bits per heavy atom. The molecule has 4 N–H and O–H groups in total. The van der Waals surface area contributed by atoms with Gasteiger partial charge in [-0.1, -0.05) is 59.0 Å². The van der Waals surface area contributed by atoms with E-state index >= 15 is 0 Å². The molecule has 0 aromatic heterocycles. The molecule has 1 unspecified atom stereocenters. The molecule has 4 rings (SSSR count). The molecule has 53 heavy (non-hydrogen) atoms. The summed E-state index contributed by atoms with van der Waals surface area (Å²) in [6.45, 7) is 14.5. The fourth-order valence-corrected chi connectivity index (χ4v) is 10.2. The number of amides is 5. The maximum Gasteiger partial charge on any atom is 0.315 e. The SMILES string of the molecule is C=CCNC(=O)C(=O)C(CCCC)NC(=O)[C@@H]1[C@@H]2[C@H](CN1C(=O)[C@@H](NC(=O)NC1(CS(=O)(=O)C(C)(C)C)CCCCC1)C1CCC(F)(F)CC1)C2(C)C. The van der Waals surface area contributed by atoms with Gasteiger partial charge in [0.05, 0.1) is 22.1 Å². The van der Waals surface area contributed by atoms with E-state index in [9.17, 15) is 41.2 Å². The standard InChI is InChI=1S/C38H61F2N5O7S/c1-8-10-14-26(30(46)32(48)41-21-9-2)42-31(47)29-27-25(36(27,6)7)22-45(29)33(49)28(24-15-19-38(39,40)20-16-24)43-34(50)44-37(17-12-11-13-18-37)23-53(51,52)35(3,4)5/h9,24-29H,2,8,10-23H2,1,3-7H3,(H,41,48)(H,42,47)(H2,43,44,50)/t25-,26?,27-,28-,29-/m0/s1. The van der Waals surface area contributed by atoms with E-state index in [2.05, 4.69) is 27.8 Å². The van der Waals surface area contributed by atoms with Crippen molar-refractivity contribution in [1.82, 2.24) is 26.2 Å². The molecule has 0 aromatic rings. The molecule has 4 aliphatic rings. The number of fused-ring (bicyclic) bond motifs is 1. The number of hydrogen-bond donors (Lipinski definition) is 4. The Morgan fingerprint density at radius 3 is 2.17 bits per heavy atom. The Labute approximate surface area is 313 Å². The van der Waals surface area contributed by atoms with Crippen LogP contribution in [-0.2, 0) is 29.0 Å². The summed E-state index contributed by atoms with van der Waals surface area (Å²) in [5.74, 6) is -6.99. The number of carbonyl (C=O) groups excluding carboxylic acids is 5. The third-order valence-electron chi connectivity index (χ3n) is 12.2. The number of nitrogens with zero attached hydrogens (tertiary/aromatic N) is 1. The average molecular weight is 770 g/mol. The first-order chi connectivity index (χ1) is 24.6. The van der Waals surface area contributed by atoms with Crippen LogP contribution in [0.4, 0.5) is 13.6 Å². The maximum atomic E-state index is 14.7. The van der Waals surface area contributed by atoms with Crippen molar-refractivity contribution in [3.8, 4) is 0 Å². The minimum atomic E-state index is -3.65. The van der Waals surface area contributed by atoms with Gasteiger partial charge >= 0.3 is 6.03 Å². The van der Waals surface area contributed by atoms with Crippen LogP contribution in [-0.4, -0.2) is 96.0 Å². The van der Waals surface area contributed by atoms with E-state index in [0.29, 0.717) is 38.5 Å². The van der Waals surface area contributed by atoms with Gasteiger partial charge in [-0.3, -0.25) is 19.2 Å². The molecule has 300 valence electrons. The van der Waals surface area contributed by atoms with E-state index in [4.69, 9.17) is 0 Å². The molecule has 15 heteroatoms. The lowest BCUT2D eigenvalue weighted by Gasteiger charge is -2.41. The molecule has 0 spiro atoms. The van der Waals surface area contributed by atoms with Crippen LogP contribution in [0.5, 0.6) is 0 Å². The normalized spacial score (nSPS) is 26.0. The predicted molar refractivity (Wildman–Crippen MR) is 198 cm³/mol. The smallest absolute Gasteiger partial charge is 0.315 e. The summed E-state index contributed by atoms with van der Waals surface area (Å²) in [7, 11) is -3.65. The van der Waals surface area contributed by atoms with Crippen LogP contribution in [0.1, 0.15) is 119 Å². The van der Waals surface area contributed by atoms with E-state index in [1.54, 1.807) is 20.8 Å². The van der Waals surface area contributed by atoms with E-state index in [1.807, 2.05) is 20.8 Å². The summed E-state index contributed by atoms with van der Waals surface area (Å²) >= 11 is 0. The molecule has 1 saturated heterocycles. The lowest BCUT2D eigenvalue weighted by Crippen LogP contribution is -2.63. The fourth-order valence-electron chi connectivity index (χ4n) is 8.65. The van der Waals surface area contributed by atoms with E-state index < -0.39 is 92.5 Å². The summed E-state index contributed by atoms with van der Waals surface area (Å²) in [6.07, 6.45) is 5.08. The van der Waals surface area contributed by atoms with Crippen LogP contribution < -0.4 is 21.3 Å². The van der Waals surface area contributed by atoms with Gasteiger partial charge in [-0.25, -0.2) is 22.0 Å². The van der Waals surface area contributed by atoms with Crippen LogP contribution in [0, 0.1) is 23.2 Å². The minimum Gasteiger partial charge on any atom is -0.346 e.